The molecular formula is C18H19NO8S. The number of nitrogens with one attached hydrogen (secondary N) is 1. The summed E-state index contributed by atoms with van der Waals surface area (Å²) in [7, 11) is 0. The zero-order chi connectivity index (χ0) is 20.7. The fraction of sp³-hybridized carbons (Fsp3) is 0.333. The summed E-state index contributed by atoms with van der Waals surface area (Å²) >= 11 is 0.886. The molecule has 1 N–H and O–H groups in total. The van der Waals surface area contributed by atoms with Crippen LogP contribution in [0.1, 0.15) is 49.8 Å². The highest BCUT2D eigenvalue weighted by Crippen LogP contribution is 2.34. The number of ether oxygens (including phenoxy) is 3. The van der Waals surface area contributed by atoms with Gasteiger partial charge in [-0.05, 0) is 32.4 Å². The Morgan fingerprint density at radius 2 is 1.71 bits per heavy atom. The van der Waals surface area contributed by atoms with Gasteiger partial charge in [0.05, 0.1) is 30.6 Å². The van der Waals surface area contributed by atoms with Gasteiger partial charge in [0.1, 0.15) is 16.1 Å². The largest absolute Gasteiger partial charge is 0.472 e. The molecule has 0 atom stereocenters. The first-order valence-corrected chi connectivity index (χ1v) is 9.17. The van der Waals surface area contributed by atoms with Crippen LogP contribution < -0.4 is 5.32 Å². The van der Waals surface area contributed by atoms with E-state index < -0.39 is 30.4 Å². The monoisotopic (exact) mass is 409 g/mol. The van der Waals surface area contributed by atoms with E-state index in [2.05, 4.69) is 5.32 Å². The minimum absolute atomic E-state index is 0.0596. The summed E-state index contributed by atoms with van der Waals surface area (Å²) in [6.45, 7) is 4.56. The van der Waals surface area contributed by atoms with E-state index in [9.17, 15) is 19.2 Å². The second kappa shape index (κ2) is 9.70. The lowest BCUT2D eigenvalue weighted by molar-refractivity contribution is -0.119. The number of hydrogen-bond acceptors (Lipinski definition) is 9. The van der Waals surface area contributed by atoms with E-state index in [1.54, 1.807) is 20.8 Å². The molecule has 0 aliphatic heterocycles. The summed E-state index contributed by atoms with van der Waals surface area (Å²) in [6, 6.07) is 1.40. The lowest BCUT2D eigenvalue weighted by atomic mass is 10.1. The van der Waals surface area contributed by atoms with E-state index in [0.717, 1.165) is 11.3 Å². The molecule has 0 aliphatic carbocycles. The van der Waals surface area contributed by atoms with Crippen molar-refractivity contribution < 1.29 is 37.8 Å². The molecule has 1 amide bonds. The average Bonchev–Trinajstić information content (AvgIpc) is 3.28. The second-order valence-electron chi connectivity index (χ2n) is 5.34. The van der Waals surface area contributed by atoms with Crippen LogP contribution in [0.15, 0.2) is 23.0 Å². The molecule has 150 valence electrons. The van der Waals surface area contributed by atoms with Crippen molar-refractivity contribution in [2.24, 2.45) is 0 Å². The molecular weight excluding hydrogens is 390 g/mol. The van der Waals surface area contributed by atoms with Crippen LogP contribution in [0.4, 0.5) is 5.00 Å². The van der Waals surface area contributed by atoms with Crippen LogP contribution in [0.25, 0.3) is 0 Å². The topological polar surface area (TPSA) is 121 Å². The van der Waals surface area contributed by atoms with Gasteiger partial charge in [-0.15, -0.1) is 11.3 Å². The fourth-order valence-corrected chi connectivity index (χ4v) is 3.30. The SMILES string of the molecule is CCOC(=O)c1sc(NC(=O)COC(=O)c2ccoc2)c(C(=O)OCC)c1C. The number of thiophene rings is 1. The minimum Gasteiger partial charge on any atom is -0.472 e. The van der Waals surface area contributed by atoms with Crippen LogP contribution in [0.2, 0.25) is 0 Å². The highest BCUT2D eigenvalue weighted by molar-refractivity contribution is 7.18. The van der Waals surface area contributed by atoms with Crippen molar-refractivity contribution in [1.82, 2.24) is 0 Å². The first kappa shape index (κ1) is 21.2. The van der Waals surface area contributed by atoms with Crippen molar-refractivity contribution in [2.75, 3.05) is 25.1 Å². The maximum atomic E-state index is 12.3. The van der Waals surface area contributed by atoms with Gasteiger partial charge in [0.2, 0.25) is 0 Å². The normalized spacial score (nSPS) is 10.2. The molecule has 2 aromatic heterocycles. The van der Waals surface area contributed by atoms with Crippen LogP contribution in [-0.4, -0.2) is 43.6 Å². The number of carbonyl (C=O) groups excluding carboxylic acids is 4. The van der Waals surface area contributed by atoms with Gasteiger partial charge < -0.3 is 23.9 Å². The van der Waals surface area contributed by atoms with Gasteiger partial charge in [-0.1, -0.05) is 0 Å². The van der Waals surface area contributed by atoms with Gasteiger partial charge in [-0.3, -0.25) is 4.79 Å². The van der Waals surface area contributed by atoms with E-state index in [-0.39, 0.29) is 34.2 Å². The number of hydrogen-bond donors (Lipinski definition) is 1. The summed E-state index contributed by atoms with van der Waals surface area (Å²) in [5, 5.41) is 2.59. The van der Waals surface area contributed by atoms with E-state index >= 15 is 0 Å². The summed E-state index contributed by atoms with van der Waals surface area (Å²) in [5.41, 5.74) is 0.564. The van der Waals surface area contributed by atoms with E-state index in [1.807, 2.05) is 0 Å². The van der Waals surface area contributed by atoms with Gasteiger partial charge in [0.25, 0.3) is 5.91 Å². The Bertz CT molecular complexity index is 869. The lowest BCUT2D eigenvalue weighted by Crippen LogP contribution is -2.21. The van der Waals surface area contributed by atoms with Crippen LogP contribution in [0.5, 0.6) is 0 Å². The smallest absolute Gasteiger partial charge is 0.348 e. The third kappa shape index (κ3) is 4.97. The highest BCUT2D eigenvalue weighted by atomic mass is 32.1. The zero-order valence-electron chi connectivity index (χ0n) is 15.5. The van der Waals surface area contributed by atoms with Gasteiger partial charge in [0.15, 0.2) is 6.61 Å². The molecule has 2 rings (SSSR count). The number of esters is 3. The maximum absolute atomic E-state index is 12.3. The predicted octanol–water partition coefficient (Wildman–Crippen LogP) is 2.80. The van der Waals surface area contributed by atoms with Gasteiger partial charge in [-0.25, -0.2) is 14.4 Å². The van der Waals surface area contributed by atoms with E-state index in [0.29, 0.717) is 5.56 Å². The molecule has 2 aromatic rings. The molecule has 0 aliphatic rings. The van der Waals surface area contributed by atoms with Gasteiger partial charge in [-0.2, -0.15) is 0 Å². The Balaban J connectivity index is 2.16. The number of amides is 1. The minimum atomic E-state index is -0.732. The Kier molecular flexibility index (Phi) is 7.33. The quantitative estimate of drug-likeness (QED) is 0.522. The van der Waals surface area contributed by atoms with Gasteiger partial charge >= 0.3 is 17.9 Å². The molecule has 0 saturated heterocycles. The Morgan fingerprint density at radius 1 is 1.04 bits per heavy atom. The molecule has 10 heteroatoms. The van der Waals surface area contributed by atoms with Crippen molar-refractivity contribution in [3.05, 3.63) is 40.2 Å². The molecule has 0 saturated carbocycles. The van der Waals surface area contributed by atoms with Crippen molar-refractivity contribution in [1.29, 1.82) is 0 Å². The summed E-state index contributed by atoms with van der Waals surface area (Å²) in [6.07, 6.45) is 2.49. The van der Waals surface area contributed by atoms with E-state index in [1.165, 1.54) is 18.6 Å². The second-order valence-corrected chi connectivity index (χ2v) is 6.36. The van der Waals surface area contributed by atoms with Crippen LogP contribution in [0.3, 0.4) is 0 Å². The third-order valence-corrected chi connectivity index (χ3v) is 4.62. The summed E-state index contributed by atoms with van der Waals surface area (Å²) in [4.78, 5) is 48.4. The predicted molar refractivity (Wildman–Crippen MR) is 98.6 cm³/mol. The molecule has 0 spiro atoms. The first-order chi connectivity index (χ1) is 13.4. The molecule has 2 heterocycles. The fourth-order valence-electron chi connectivity index (χ4n) is 2.20. The Morgan fingerprint density at radius 3 is 2.32 bits per heavy atom. The molecule has 0 radical (unpaired) electrons. The first-order valence-electron chi connectivity index (χ1n) is 8.35. The Labute approximate surface area is 164 Å². The molecule has 0 aromatic carbocycles. The zero-order valence-corrected chi connectivity index (χ0v) is 16.3. The van der Waals surface area contributed by atoms with E-state index in [4.69, 9.17) is 18.6 Å². The molecule has 0 bridgehead atoms. The number of carbonyl (C=O) groups is 4. The third-order valence-electron chi connectivity index (χ3n) is 3.43. The number of rotatable bonds is 8. The average molecular weight is 409 g/mol. The van der Waals surface area contributed by atoms with Gasteiger partial charge in [0, 0.05) is 0 Å². The lowest BCUT2D eigenvalue weighted by Gasteiger charge is -2.07. The maximum Gasteiger partial charge on any atom is 0.348 e. The molecule has 28 heavy (non-hydrogen) atoms. The Hall–Kier alpha value is -3.14. The summed E-state index contributed by atoms with van der Waals surface area (Å²) < 4.78 is 19.6. The molecule has 0 fully saturated rings. The molecule has 9 nitrogen and oxygen atoms in total. The molecule has 0 unspecified atom stereocenters. The van der Waals surface area contributed by atoms with Crippen LogP contribution in [-0.2, 0) is 19.0 Å². The van der Waals surface area contributed by atoms with Crippen molar-refractivity contribution in [3.63, 3.8) is 0 Å². The summed E-state index contributed by atoms with van der Waals surface area (Å²) in [5.74, 6) is -2.71. The van der Waals surface area contributed by atoms with Crippen molar-refractivity contribution in [2.45, 2.75) is 20.8 Å². The van der Waals surface area contributed by atoms with Crippen molar-refractivity contribution in [3.8, 4) is 0 Å². The van der Waals surface area contributed by atoms with Crippen LogP contribution >= 0.6 is 11.3 Å². The number of anilines is 1. The van der Waals surface area contributed by atoms with Crippen LogP contribution in [0, 0.1) is 6.92 Å². The standard InChI is InChI=1S/C18H19NO8S/c1-4-25-17(22)13-10(3)14(18(23)26-5-2)28-15(13)19-12(20)9-27-16(21)11-6-7-24-8-11/h6-8H,4-5,9H2,1-3H3,(H,19,20). The highest BCUT2D eigenvalue weighted by Gasteiger charge is 2.27. The number of furan rings is 1. The van der Waals surface area contributed by atoms with Crippen molar-refractivity contribution >= 4 is 40.2 Å².